The monoisotopic (exact) mass is 381 g/mol. The minimum atomic E-state index is -0.286. The van der Waals surface area contributed by atoms with Crippen LogP contribution in [0.4, 0.5) is 11.4 Å². The summed E-state index contributed by atoms with van der Waals surface area (Å²) in [5.41, 5.74) is 1.54. The van der Waals surface area contributed by atoms with Gasteiger partial charge >= 0.3 is 0 Å². The number of rotatable bonds is 7. The van der Waals surface area contributed by atoms with Crippen molar-refractivity contribution in [2.75, 3.05) is 16.4 Å². The Bertz CT molecular complexity index is 927. The number of hydrogen-bond donors (Lipinski definition) is 3. The molecule has 0 atom stereocenters. The second-order valence-corrected chi connectivity index (χ2v) is 6.56. The van der Waals surface area contributed by atoms with Gasteiger partial charge in [-0.15, -0.1) is 5.10 Å². The van der Waals surface area contributed by atoms with Crippen LogP contribution in [0.15, 0.2) is 59.8 Å². The van der Waals surface area contributed by atoms with Crippen molar-refractivity contribution >= 4 is 35.0 Å². The Balaban J connectivity index is 1.62. The number of carbonyl (C=O) groups excluding carboxylic acids is 2. The van der Waals surface area contributed by atoms with E-state index in [0.717, 1.165) is 12.2 Å². The summed E-state index contributed by atoms with van der Waals surface area (Å²) in [4.78, 5) is 29.1. The van der Waals surface area contributed by atoms with Crippen LogP contribution < -0.4 is 10.6 Å². The number of benzene rings is 2. The zero-order valence-electron chi connectivity index (χ0n) is 14.7. The lowest BCUT2D eigenvalue weighted by Gasteiger charge is -2.11. The molecule has 0 bridgehead atoms. The molecule has 0 radical (unpaired) electrons. The summed E-state index contributed by atoms with van der Waals surface area (Å²) in [6.45, 7) is 1.97. The van der Waals surface area contributed by atoms with Crippen LogP contribution in [0.3, 0.4) is 0 Å². The van der Waals surface area contributed by atoms with E-state index in [1.54, 1.807) is 36.4 Å². The molecule has 3 N–H and O–H groups in total. The summed E-state index contributed by atoms with van der Waals surface area (Å²) in [5.74, 6) is 0.408. The molecule has 0 aliphatic rings. The van der Waals surface area contributed by atoms with Crippen LogP contribution in [0.5, 0.6) is 0 Å². The quantitative estimate of drug-likeness (QED) is 0.545. The van der Waals surface area contributed by atoms with Crippen molar-refractivity contribution in [2.24, 2.45) is 0 Å². The Labute approximate surface area is 161 Å². The van der Waals surface area contributed by atoms with Crippen molar-refractivity contribution in [3.8, 4) is 0 Å². The Kier molecular flexibility index (Phi) is 6.22. The first kappa shape index (κ1) is 18.7. The summed E-state index contributed by atoms with van der Waals surface area (Å²) in [7, 11) is 0. The average molecular weight is 381 g/mol. The molecule has 0 fully saturated rings. The highest BCUT2D eigenvalue weighted by Gasteiger charge is 2.14. The molecule has 0 aliphatic heterocycles. The number of aromatic amines is 1. The number of nitrogens with zero attached hydrogens (tertiary/aromatic N) is 2. The van der Waals surface area contributed by atoms with Gasteiger partial charge in [-0.1, -0.05) is 49.0 Å². The van der Waals surface area contributed by atoms with Gasteiger partial charge in [-0.3, -0.25) is 14.7 Å². The maximum absolute atomic E-state index is 12.5. The highest BCUT2D eigenvalue weighted by molar-refractivity contribution is 7.99. The fourth-order valence-electron chi connectivity index (χ4n) is 2.33. The largest absolute Gasteiger partial charge is 0.325 e. The number of anilines is 2. The fraction of sp³-hybridized carbons (Fsp3) is 0.158. The van der Waals surface area contributed by atoms with Gasteiger partial charge in [0.25, 0.3) is 5.91 Å². The molecule has 2 aromatic carbocycles. The number of carbonyl (C=O) groups is 2. The first-order chi connectivity index (χ1) is 13.2. The van der Waals surface area contributed by atoms with E-state index in [1.165, 1.54) is 11.8 Å². The number of H-pyrrole nitrogens is 1. The van der Waals surface area contributed by atoms with Crippen molar-refractivity contribution < 1.29 is 9.59 Å². The third-order valence-electron chi connectivity index (χ3n) is 3.66. The summed E-state index contributed by atoms with van der Waals surface area (Å²) >= 11 is 1.23. The minimum absolute atomic E-state index is 0.148. The molecule has 8 heteroatoms. The Hall–Kier alpha value is -3.13. The van der Waals surface area contributed by atoms with Crippen LogP contribution in [0.1, 0.15) is 23.1 Å². The molecule has 1 heterocycles. The smallest absolute Gasteiger partial charge is 0.257 e. The minimum Gasteiger partial charge on any atom is -0.325 e. The second-order valence-electron chi connectivity index (χ2n) is 5.62. The highest BCUT2D eigenvalue weighted by Crippen LogP contribution is 2.19. The Morgan fingerprint density at radius 1 is 1.04 bits per heavy atom. The zero-order valence-corrected chi connectivity index (χ0v) is 15.5. The van der Waals surface area contributed by atoms with E-state index in [1.807, 2.05) is 25.1 Å². The van der Waals surface area contributed by atoms with Crippen LogP contribution in [0, 0.1) is 0 Å². The van der Waals surface area contributed by atoms with Gasteiger partial charge in [-0.05, 0) is 24.3 Å². The van der Waals surface area contributed by atoms with Crippen molar-refractivity contribution in [3.63, 3.8) is 0 Å². The van der Waals surface area contributed by atoms with E-state index in [4.69, 9.17) is 0 Å². The lowest BCUT2D eigenvalue weighted by atomic mass is 10.1. The van der Waals surface area contributed by atoms with E-state index >= 15 is 0 Å². The van der Waals surface area contributed by atoms with E-state index in [-0.39, 0.29) is 17.6 Å². The van der Waals surface area contributed by atoms with Gasteiger partial charge in [0.1, 0.15) is 5.82 Å². The molecule has 0 spiro atoms. The SMILES string of the molecule is CCc1nc(SCC(=O)Nc2ccccc2C(=O)Nc2ccccc2)n[nH]1. The van der Waals surface area contributed by atoms with Gasteiger partial charge < -0.3 is 10.6 Å². The van der Waals surface area contributed by atoms with Crippen LogP contribution in [0.25, 0.3) is 0 Å². The molecule has 0 aliphatic carbocycles. The summed E-state index contributed by atoms with van der Waals surface area (Å²) < 4.78 is 0. The third kappa shape index (κ3) is 5.18. The molecule has 138 valence electrons. The van der Waals surface area contributed by atoms with Crippen molar-refractivity contribution in [3.05, 3.63) is 66.0 Å². The van der Waals surface area contributed by atoms with Gasteiger partial charge in [0.2, 0.25) is 11.1 Å². The van der Waals surface area contributed by atoms with Crippen LogP contribution in [-0.4, -0.2) is 32.7 Å². The third-order valence-corrected chi connectivity index (χ3v) is 4.50. The van der Waals surface area contributed by atoms with Gasteiger partial charge in [0.05, 0.1) is 17.0 Å². The molecule has 0 unspecified atom stereocenters. The lowest BCUT2D eigenvalue weighted by molar-refractivity contribution is -0.113. The molecule has 3 aromatic rings. The highest BCUT2D eigenvalue weighted by atomic mass is 32.2. The molecule has 0 saturated heterocycles. The van der Waals surface area contributed by atoms with Crippen LogP contribution in [0.2, 0.25) is 0 Å². The van der Waals surface area contributed by atoms with Gasteiger partial charge in [0.15, 0.2) is 0 Å². The van der Waals surface area contributed by atoms with Crippen molar-refractivity contribution in [2.45, 2.75) is 18.5 Å². The molecule has 7 nitrogen and oxygen atoms in total. The fourth-order valence-corrected chi connectivity index (χ4v) is 2.94. The summed E-state index contributed by atoms with van der Waals surface area (Å²) in [5, 5.41) is 13.0. The first-order valence-corrected chi connectivity index (χ1v) is 9.43. The lowest BCUT2D eigenvalue weighted by Crippen LogP contribution is -2.19. The maximum atomic E-state index is 12.5. The van der Waals surface area contributed by atoms with Crippen molar-refractivity contribution in [1.29, 1.82) is 0 Å². The normalized spacial score (nSPS) is 10.4. The molecule has 0 saturated carbocycles. The number of aromatic nitrogens is 3. The van der Waals surface area contributed by atoms with Crippen LogP contribution in [-0.2, 0) is 11.2 Å². The number of para-hydroxylation sites is 2. The van der Waals surface area contributed by atoms with Gasteiger partial charge in [-0.2, -0.15) is 0 Å². The van der Waals surface area contributed by atoms with E-state index in [9.17, 15) is 9.59 Å². The van der Waals surface area contributed by atoms with E-state index in [2.05, 4.69) is 25.8 Å². The average Bonchev–Trinajstić information content (AvgIpc) is 3.16. The molecule has 1 aromatic heterocycles. The number of thioether (sulfide) groups is 1. The molecule has 3 rings (SSSR count). The Morgan fingerprint density at radius 2 is 1.78 bits per heavy atom. The summed E-state index contributed by atoms with van der Waals surface area (Å²) in [6, 6.07) is 16.1. The van der Waals surface area contributed by atoms with Gasteiger partial charge in [0, 0.05) is 12.1 Å². The molecule has 27 heavy (non-hydrogen) atoms. The molecular formula is C19H19N5O2S. The number of aryl methyl sites for hydroxylation is 1. The van der Waals surface area contributed by atoms with Crippen molar-refractivity contribution in [1.82, 2.24) is 15.2 Å². The first-order valence-electron chi connectivity index (χ1n) is 8.45. The van der Waals surface area contributed by atoms with Gasteiger partial charge in [-0.25, -0.2) is 4.98 Å². The number of nitrogens with one attached hydrogen (secondary N) is 3. The second kappa shape index (κ2) is 9.00. The van der Waals surface area contributed by atoms with Crippen LogP contribution >= 0.6 is 11.8 Å². The van der Waals surface area contributed by atoms with E-state index < -0.39 is 0 Å². The van der Waals surface area contributed by atoms with E-state index in [0.29, 0.717) is 22.1 Å². The Morgan fingerprint density at radius 3 is 2.52 bits per heavy atom. The predicted octanol–water partition coefficient (Wildman–Crippen LogP) is 3.35. The summed E-state index contributed by atoms with van der Waals surface area (Å²) in [6.07, 6.45) is 0.754. The number of hydrogen-bond acceptors (Lipinski definition) is 5. The topological polar surface area (TPSA) is 99.8 Å². The molecular weight excluding hydrogens is 362 g/mol. The standard InChI is InChI=1S/C19H19N5O2S/c1-2-16-22-19(24-23-16)27-12-17(25)21-15-11-7-6-10-14(15)18(26)20-13-8-4-3-5-9-13/h3-11H,2,12H2,1H3,(H,20,26)(H,21,25)(H,22,23,24). The zero-order chi connectivity index (χ0) is 19.1. The predicted molar refractivity (Wildman–Crippen MR) is 106 cm³/mol. The maximum Gasteiger partial charge on any atom is 0.257 e. The molecule has 2 amide bonds. The number of amides is 2.